The van der Waals surface area contributed by atoms with Crippen molar-refractivity contribution in [2.45, 2.75) is 39.2 Å². The van der Waals surface area contributed by atoms with Gasteiger partial charge in [-0.2, -0.15) is 5.10 Å². The Morgan fingerprint density at radius 2 is 2.20 bits per heavy atom. The van der Waals surface area contributed by atoms with Crippen molar-refractivity contribution in [3.63, 3.8) is 0 Å². The van der Waals surface area contributed by atoms with E-state index in [4.69, 9.17) is 0 Å². The molecule has 1 aliphatic rings. The molecule has 0 unspecified atom stereocenters. The molecule has 1 aliphatic heterocycles. The lowest BCUT2D eigenvalue weighted by Crippen LogP contribution is -2.30. The van der Waals surface area contributed by atoms with Crippen LogP contribution in [0.25, 0.3) is 0 Å². The molecular weight excluding hydrogens is 186 g/mol. The zero-order valence-corrected chi connectivity index (χ0v) is 9.74. The third-order valence-electron chi connectivity index (χ3n) is 3.23. The lowest BCUT2D eigenvalue weighted by Gasteiger charge is -2.23. The smallest absolute Gasteiger partial charge is 0.0492 e. The van der Waals surface area contributed by atoms with Gasteiger partial charge < -0.3 is 5.32 Å². The van der Waals surface area contributed by atoms with Crippen molar-refractivity contribution in [3.8, 4) is 0 Å². The number of nitrogens with one attached hydrogen (secondary N) is 1. The fourth-order valence-electron chi connectivity index (χ4n) is 2.29. The molecule has 0 aromatic carbocycles. The first kappa shape index (κ1) is 10.7. The number of hydrogen-bond acceptors (Lipinski definition) is 2. The summed E-state index contributed by atoms with van der Waals surface area (Å²) in [6.07, 6.45) is 4.51. The summed E-state index contributed by atoms with van der Waals surface area (Å²) in [5, 5.41) is 7.83. The molecule has 0 bridgehead atoms. The first-order valence-corrected chi connectivity index (χ1v) is 6.00. The first-order valence-electron chi connectivity index (χ1n) is 6.00. The fraction of sp³-hybridized carbons (Fsp3) is 0.750. The van der Waals surface area contributed by atoms with Crippen LogP contribution in [0.1, 0.15) is 38.3 Å². The Kier molecular flexibility index (Phi) is 3.41. The molecule has 1 saturated heterocycles. The van der Waals surface area contributed by atoms with Gasteiger partial charge in [0.15, 0.2) is 0 Å². The van der Waals surface area contributed by atoms with Crippen molar-refractivity contribution in [2.24, 2.45) is 5.92 Å². The molecule has 1 fully saturated rings. The van der Waals surface area contributed by atoms with Gasteiger partial charge in [-0.25, -0.2) is 0 Å². The number of hydrogen-bond donors (Lipinski definition) is 1. The predicted octanol–water partition coefficient (Wildman–Crippen LogP) is 2.01. The minimum absolute atomic E-state index is 0.578. The molecule has 0 spiro atoms. The number of piperidine rings is 1. The SMILES string of the molecule is CC(C)c1ccnn1CC1CCNCC1. The molecule has 15 heavy (non-hydrogen) atoms. The molecule has 1 aromatic heterocycles. The van der Waals surface area contributed by atoms with E-state index in [1.807, 2.05) is 6.20 Å². The summed E-state index contributed by atoms with van der Waals surface area (Å²) in [4.78, 5) is 0. The van der Waals surface area contributed by atoms with Crippen LogP contribution >= 0.6 is 0 Å². The van der Waals surface area contributed by atoms with Crippen LogP contribution in [-0.4, -0.2) is 22.9 Å². The van der Waals surface area contributed by atoms with Crippen molar-refractivity contribution in [2.75, 3.05) is 13.1 Å². The highest BCUT2D eigenvalue weighted by atomic mass is 15.3. The summed E-state index contributed by atoms with van der Waals surface area (Å²) >= 11 is 0. The molecule has 3 heteroatoms. The molecule has 0 amide bonds. The predicted molar refractivity (Wildman–Crippen MR) is 61.9 cm³/mol. The van der Waals surface area contributed by atoms with E-state index in [1.165, 1.54) is 31.6 Å². The molecule has 2 heterocycles. The highest BCUT2D eigenvalue weighted by Gasteiger charge is 2.15. The summed E-state index contributed by atoms with van der Waals surface area (Å²) in [7, 11) is 0. The van der Waals surface area contributed by atoms with Gasteiger partial charge in [0, 0.05) is 18.4 Å². The summed E-state index contributed by atoms with van der Waals surface area (Å²) < 4.78 is 2.20. The normalized spacial score (nSPS) is 18.6. The largest absolute Gasteiger partial charge is 0.317 e. The third kappa shape index (κ3) is 2.59. The Bertz CT molecular complexity index is 298. The maximum absolute atomic E-state index is 4.43. The fourth-order valence-corrected chi connectivity index (χ4v) is 2.29. The second-order valence-electron chi connectivity index (χ2n) is 4.79. The Labute approximate surface area is 91.9 Å². The molecule has 0 aliphatic carbocycles. The average molecular weight is 207 g/mol. The van der Waals surface area contributed by atoms with E-state index in [1.54, 1.807) is 0 Å². The Hall–Kier alpha value is -0.830. The topological polar surface area (TPSA) is 29.9 Å². The highest BCUT2D eigenvalue weighted by Crippen LogP contribution is 2.18. The maximum atomic E-state index is 4.43. The van der Waals surface area contributed by atoms with Gasteiger partial charge in [-0.15, -0.1) is 0 Å². The van der Waals surface area contributed by atoms with E-state index in [-0.39, 0.29) is 0 Å². The van der Waals surface area contributed by atoms with Crippen molar-refractivity contribution in [1.29, 1.82) is 0 Å². The van der Waals surface area contributed by atoms with Crippen molar-refractivity contribution in [3.05, 3.63) is 18.0 Å². The number of nitrogens with zero attached hydrogens (tertiary/aromatic N) is 2. The van der Waals surface area contributed by atoms with Gasteiger partial charge in [0.2, 0.25) is 0 Å². The molecule has 84 valence electrons. The second kappa shape index (κ2) is 4.79. The number of aromatic nitrogens is 2. The summed E-state index contributed by atoms with van der Waals surface area (Å²) in [5.41, 5.74) is 1.37. The van der Waals surface area contributed by atoms with Crippen LogP contribution in [0, 0.1) is 5.92 Å². The lowest BCUT2D eigenvalue weighted by atomic mass is 9.98. The van der Waals surface area contributed by atoms with E-state index >= 15 is 0 Å². The molecule has 3 nitrogen and oxygen atoms in total. The van der Waals surface area contributed by atoms with E-state index in [0.717, 1.165) is 12.5 Å². The van der Waals surface area contributed by atoms with Gasteiger partial charge in [0.1, 0.15) is 0 Å². The first-order chi connectivity index (χ1) is 7.27. The molecule has 1 aromatic rings. The van der Waals surface area contributed by atoms with Crippen LogP contribution in [0.15, 0.2) is 12.3 Å². The van der Waals surface area contributed by atoms with Crippen LogP contribution in [0.5, 0.6) is 0 Å². The van der Waals surface area contributed by atoms with E-state index in [2.05, 4.69) is 35.0 Å². The standard InChI is InChI=1S/C12H21N3/c1-10(2)12-5-8-14-15(12)9-11-3-6-13-7-4-11/h5,8,10-11,13H,3-4,6-7,9H2,1-2H3. The molecule has 0 radical (unpaired) electrons. The van der Waals surface area contributed by atoms with E-state index < -0.39 is 0 Å². The zero-order valence-electron chi connectivity index (χ0n) is 9.74. The molecule has 2 rings (SSSR count). The molecule has 0 saturated carbocycles. The van der Waals surface area contributed by atoms with Crippen molar-refractivity contribution >= 4 is 0 Å². The van der Waals surface area contributed by atoms with Crippen molar-refractivity contribution in [1.82, 2.24) is 15.1 Å². The van der Waals surface area contributed by atoms with Crippen LogP contribution < -0.4 is 5.32 Å². The van der Waals surface area contributed by atoms with E-state index in [9.17, 15) is 0 Å². The van der Waals surface area contributed by atoms with Crippen LogP contribution in [-0.2, 0) is 6.54 Å². The summed E-state index contributed by atoms with van der Waals surface area (Å²) in [5.74, 6) is 1.39. The third-order valence-corrected chi connectivity index (χ3v) is 3.23. The van der Waals surface area contributed by atoms with Gasteiger partial charge in [0.05, 0.1) is 0 Å². The van der Waals surface area contributed by atoms with Gasteiger partial charge in [-0.05, 0) is 43.8 Å². The van der Waals surface area contributed by atoms with Gasteiger partial charge in [-0.1, -0.05) is 13.8 Å². The number of rotatable bonds is 3. The van der Waals surface area contributed by atoms with Crippen LogP contribution in [0.3, 0.4) is 0 Å². The molecule has 0 atom stereocenters. The minimum Gasteiger partial charge on any atom is -0.317 e. The van der Waals surface area contributed by atoms with Gasteiger partial charge in [0.25, 0.3) is 0 Å². The monoisotopic (exact) mass is 207 g/mol. The summed E-state index contributed by atoms with van der Waals surface area (Å²) in [6.45, 7) is 7.90. The van der Waals surface area contributed by atoms with Gasteiger partial charge in [-0.3, -0.25) is 4.68 Å². The maximum Gasteiger partial charge on any atom is 0.0492 e. The Balaban J connectivity index is 1.99. The molecule has 1 N–H and O–H groups in total. The quantitative estimate of drug-likeness (QED) is 0.821. The Morgan fingerprint density at radius 3 is 2.87 bits per heavy atom. The zero-order chi connectivity index (χ0) is 10.7. The highest BCUT2D eigenvalue weighted by molar-refractivity contribution is 5.05. The van der Waals surface area contributed by atoms with Gasteiger partial charge >= 0.3 is 0 Å². The lowest BCUT2D eigenvalue weighted by molar-refractivity contribution is 0.316. The van der Waals surface area contributed by atoms with Crippen LogP contribution in [0.4, 0.5) is 0 Å². The second-order valence-corrected chi connectivity index (χ2v) is 4.79. The Morgan fingerprint density at radius 1 is 1.47 bits per heavy atom. The van der Waals surface area contributed by atoms with Crippen LogP contribution in [0.2, 0.25) is 0 Å². The molecular formula is C12H21N3. The minimum atomic E-state index is 0.578. The van der Waals surface area contributed by atoms with E-state index in [0.29, 0.717) is 5.92 Å². The van der Waals surface area contributed by atoms with Crippen molar-refractivity contribution < 1.29 is 0 Å². The summed E-state index contributed by atoms with van der Waals surface area (Å²) in [6, 6.07) is 2.14. The average Bonchev–Trinajstić information content (AvgIpc) is 2.67.